The van der Waals surface area contributed by atoms with Crippen molar-refractivity contribution < 1.29 is 4.79 Å². The molecule has 1 aromatic carbocycles. The number of rotatable bonds is 5. The molecule has 1 atom stereocenters. The van der Waals surface area contributed by atoms with Crippen molar-refractivity contribution in [1.82, 2.24) is 15.3 Å². The second kappa shape index (κ2) is 7.36. The molecule has 24 heavy (non-hydrogen) atoms. The minimum Gasteiger partial charge on any atom is -0.349 e. The van der Waals surface area contributed by atoms with Crippen molar-refractivity contribution >= 4 is 17.2 Å². The van der Waals surface area contributed by atoms with Crippen molar-refractivity contribution in [2.24, 2.45) is 0 Å². The Balaban J connectivity index is 1.61. The molecule has 0 saturated heterocycles. The molecule has 2 heterocycles. The van der Waals surface area contributed by atoms with Gasteiger partial charge in [0.15, 0.2) is 0 Å². The van der Waals surface area contributed by atoms with Crippen LogP contribution in [0, 0.1) is 6.92 Å². The van der Waals surface area contributed by atoms with Crippen molar-refractivity contribution in [3.63, 3.8) is 0 Å². The standard InChI is InChI=1S/C19H19N3OS/c1-13-6-8-15(9-7-13)14(2)21-18(23)11-16-12-24-19(22-16)17-5-3-4-10-20-17/h3-10,12,14H,11H2,1-2H3,(H,21,23). The molecule has 5 heteroatoms. The van der Waals surface area contributed by atoms with Gasteiger partial charge >= 0.3 is 0 Å². The van der Waals surface area contributed by atoms with E-state index in [1.807, 2.05) is 42.6 Å². The third-order valence-corrected chi connectivity index (χ3v) is 4.65. The first-order chi connectivity index (χ1) is 11.6. The Labute approximate surface area is 145 Å². The van der Waals surface area contributed by atoms with E-state index in [1.165, 1.54) is 16.9 Å². The number of hydrogen-bond acceptors (Lipinski definition) is 4. The second-order valence-corrected chi connectivity index (χ2v) is 6.59. The lowest BCUT2D eigenvalue weighted by Gasteiger charge is -2.14. The summed E-state index contributed by atoms with van der Waals surface area (Å²) in [5.74, 6) is -0.0269. The number of aryl methyl sites for hydroxylation is 1. The van der Waals surface area contributed by atoms with E-state index in [-0.39, 0.29) is 18.4 Å². The molecule has 0 saturated carbocycles. The predicted molar refractivity (Wildman–Crippen MR) is 96.8 cm³/mol. The Morgan fingerprint density at radius 2 is 2.00 bits per heavy atom. The molecule has 0 bridgehead atoms. The van der Waals surface area contributed by atoms with Crippen LogP contribution in [-0.4, -0.2) is 15.9 Å². The van der Waals surface area contributed by atoms with Gasteiger partial charge in [0.05, 0.1) is 23.9 Å². The first-order valence-electron chi connectivity index (χ1n) is 7.83. The molecule has 0 fully saturated rings. The highest BCUT2D eigenvalue weighted by Crippen LogP contribution is 2.21. The topological polar surface area (TPSA) is 54.9 Å². The summed E-state index contributed by atoms with van der Waals surface area (Å²) in [6.07, 6.45) is 2.02. The smallest absolute Gasteiger partial charge is 0.226 e. The summed E-state index contributed by atoms with van der Waals surface area (Å²) < 4.78 is 0. The molecule has 0 spiro atoms. The summed E-state index contributed by atoms with van der Waals surface area (Å²) in [7, 11) is 0. The Kier molecular flexibility index (Phi) is 5.01. The van der Waals surface area contributed by atoms with Crippen LogP contribution in [0.4, 0.5) is 0 Å². The number of carbonyl (C=O) groups is 1. The molecule has 0 aliphatic heterocycles. The summed E-state index contributed by atoms with van der Waals surface area (Å²) in [4.78, 5) is 21.0. The monoisotopic (exact) mass is 337 g/mol. The first-order valence-corrected chi connectivity index (χ1v) is 8.71. The highest BCUT2D eigenvalue weighted by molar-refractivity contribution is 7.13. The van der Waals surface area contributed by atoms with Gasteiger partial charge in [0, 0.05) is 11.6 Å². The fourth-order valence-corrected chi connectivity index (χ4v) is 3.19. The largest absolute Gasteiger partial charge is 0.349 e. The summed E-state index contributed by atoms with van der Waals surface area (Å²) in [5, 5.41) is 5.78. The Morgan fingerprint density at radius 1 is 1.21 bits per heavy atom. The zero-order valence-electron chi connectivity index (χ0n) is 13.7. The number of aromatic nitrogens is 2. The molecule has 1 unspecified atom stereocenters. The van der Waals surface area contributed by atoms with Crippen LogP contribution in [0.1, 0.15) is 29.8 Å². The van der Waals surface area contributed by atoms with Crippen LogP contribution in [0.25, 0.3) is 10.7 Å². The van der Waals surface area contributed by atoms with Gasteiger partial charge in [-0.2, -0.15) is 0 Å². The predicted octanol–water partition coefficient (Wildman–Crippen LogP) is 3.93. The van der Waals surface area contributed by atoms with Gasteiger partial charge in [-0.1, -0.05) is 35.9 Å². The molecule has 1 amide bonds. The highest BCUT2D eigenvalue weighted by atomic mass is 32.1. The molecule has 2 aromatic heterocycles. The fourth-order valence-electron chi connectivity index (χ4n) is 2.39. The molecule has 3 aromatic rings. The van der Waals surface area contributed by atoms with E-state index in [0.29, 0.717) is 0 Å². The highest BCUT2D eigenvalue weighted by Gasteiger charge is 2.13. The number of amides is 1. The Morgan fingerprint density at radius 3 is 2.71 bits per heavy atom. The maximum Gasteiger partial charge on any atom is 0.226 e. The second-order valence-electron chi connectivity index (χ2n) is 5.74. The molecule has 4 nitrogen and oxygen atoms in total. The normalized spacial score (nSPS) is 11.9. The van der Waals surface area contributed by atoms with E-state index in [0.717, 1.165) is 22.0 Å². The maximum atomic E-state index is 12.2. The van der Waals surface area contributed by atoms with Gasteiger partial charge in [-0.25, -0.2) is 4.98 Å². The van der Waals surface area contributed by atoms with E-state index in [4.69, 9.17) is 0 Å². The van der Waals surface area contributed by atoms with Crippen LogP contribution in [0.15, 0.2) is 54.0 Å². The summed E-state index contributed by atoms with van der Waals surface area (Å²) >= 11 is 1.51. The number of pyridine rings is 1. The van der Waals surface area contributed by atoms with Gasteiger partial charge in [-0.3, -0.25) is 9.78 Å². The van der Waals surface area contributed by atoms with Crippen molar-refractivity contribution in [2.75, 3.05) is 0 Å². The summed E-state index contributed by atoms with van der Waals surface area (Å²) in [5.41, 5.74) is 3.92. The lowest BCUT2D eigenvalue weighted by Crippen LogP contribution is -2.28. The fraction of sp³-hybridized carbons (Fsp3) is 0.211. The lowest BCUT2D eigenvalue weighted by atomic mass is 10.1. The molecular formula is C19H19N3OS. The number of benzene rings is 1. The third-order valence-electron chi connectivity index (χ3n) is 3.73. The van der Waals surface area contributed by atoms with Gasteiger partial charge in [-0.05, 0) is 31.5 Å². The Bertz CT molecular complexity index is 812. The minimum absolute atomic E-state index is 0.0213. The lowest BCUT2D eigenvalue weighted by molar-refractivity contribution is -0.121. The van der Waals surface area contributed by atoms with Gasteiger partial charge in [-0.15, -0.1) is 11.3 Å². The molecule has 0 aliphatic carbocycles. The van der Waals surface area contributed by atoms with Crippen LogP contribution >= 0.6 is 11.3 Å². The maximum absolute atomic E-state index is 12.2. The molecular weight excluding hydrogens is 318 g/mol. The van der Waals surface area contributed by atoms with Crippen LogP contribution in [0.5, 0.6) is 0 Å². The summed E-state index contributed by atoms with van der Waals surface area (Å²) in [6, 6.07) is 13.9. The van der Waals surface area contributed by atoms with E-state index in [1.54, 1.807) is 6.20 Å². The van der Waals surface area contributed by atoms with Gasteiger partial charge in [0.1, 0.15) is 5.01 Å². The quantitative estimate of drug-likeness (QED) is 0.767. The number of nitrogens with one attached hydrogen (secondary N) is 1. The van der Waals surface area contributed by atoms with Gasteiger partial charge < -0.3 is 5.32 Å². The van der Waals surface area contributed by atoms with Crippen molar-refractivity contribution in [3.8, 4) is 10.7 Å². The number of carbonyl (C=O) groups excluding carboxylic acids is 1. The van der Waals surface area contributed by atoms with E-state index in [9.17, 15) is 4.79 Å². The van der Waals surface area contributed by atoms with Crippen LogP contribution in [0.2, 0.25) is 0 Å². The van der Waals surface area contributed by atoms with E-state index < -0.39 is 0 Å². The van der Waals surface area contributed by atoms with Gasteiger partial charge in [0.25, 0.3) is 0 Å². The van der Waals surface area contributed by atoms with Crippen LogP contribution < -0.4 is 5.32 Å². The third kappa shape index (κ3) is 4.06. The van der Waals surface area contributed by atoms with Gasteiger partial charge in [0.2, 0.25) is 5.91 Å². The summed E-state index contributed by atoms with van der Waals surface area (Å²) in [6.45, 7) is 4.04. The number of thiazole rings is 1. The average molecular weight is 337 g/mol. The SMILES string of the molecule is Cc1ccc(C(C)NC(=O)Cc2csc(-c3ccccn3)n2)cc1. The molecule has 0 aliphatic rings. The van der Waals surface area contributed by atoms with Crippen molar-refractivity contribution in [1.29, 1.82) is 0 Å². The van der Waals surface area contributed by atoms with E-state index >= 15 is 0 Å². The van der Waals surface area contributed by atoms with Crippen molar-refractivity contribution in [2.45, 2.75) is 26.3 Å². The number of nitrogens with zero attached hydrogens (tertiary/aromatic N) is 2. The average Bonchev–Trinajstić information content (AvgIpc) is 3.04. The molecule has 1 N–H and O–H groups in total. The molecule has 122 valence electrons. The first kappa shape index (κ1) is 16.3. The zero-order chi connectivity index (χ0) is 16.9. The van der Waals surface area contributed by atoms with Crippen LogP contribution in [0.3, 0.4) is 0 Å². The van der Waals surface area contributed by atoms with E-state index in [2.05, 4.69) is 34.3 Å². The molecule has 0 radical (unpaired) electrons. The van der Waals surface area contributed by atoms with Crippen molar-refractivity contribution in [3.05, 3.63) is 70.9 Å². The minimum atomic E-state index is -0.0269. The zero-order valence-corrected chi connectivity index (χ0v) is 14.5. The van der Waals surface area contributed by atoms with Crippen LogP contribution in [-0.2, 0) is 11.2 Å². The molecule has 3 rings (SSSR count). The Hall–Kier alpha value is -2.53. The number of hydrogen-bond donors (Lipinski definition) is 1.